The van der Waals surface area contributed by atoms with Gasteiger partial charge in [-0.25, -0.2) is 9.97 Å². The fourth-order valence-electron chi connectivity index (χ4n) is 1.70. The van der Waals surface area contributed by atoms with E-state index in [0.717, 1.165) is 25.2 Å². The van der Waals surface area contributed by atoms with Gasteiger partial charge in [0.05, 0.1) is 19.0 Å². The zero-order valence-corrected chi connectivity index (χ0v) is 9.22. The molecule has 84 valence electrons. The van der Waals surface area contributed by atoms with Crippen molar-refractivity contribution in [2.75, 3.05) is 25.1 Å². The summed E-state index contributed by atoms with van der Waals surface area (Å²) >= 11 is 0. The highest BCUT2D eigenvalue weighted by molar-refractivity contribution is 5.37. The van der Waals surface area contributed by atoms with Gasteiger partial charge >= 0.3 is 0 Å². The van der Waals surface area contributed by atoms with Gasteiger partial charge in [0.1, 0.15) is 11.9 Å². The second-order valence-electron chi connectivity index (χ2n) is 4.39. The molecule has 0 unspecified atom stereocenters. The highest BCUT2D eigenvalue weighted by Gasteiger charge is 2.43. The average molecular weight is 218 g/mol. The summed E-state index contributed by atoms with van der Waals surface area (Å²) in [6, 6.07) is 1.93. The van der Waals surface area contributed by atoms with Crippen LogP contribution in [0.25, 0.3) is 0 Å². The lowest BCUT2D eigenvalue weighted by atomic mass is 10.1. The number of aromatic nitrogens is 2. The number of rotatable bonds is 4. The van der Waals surface area contributed by atoms with E-state index < -0.39 is 0 Å². The number of hydrogen-bond acceptors (Lipinski definition) is 5. The van der Waals surface area contributed by atoms with E-state index in [9.17, 15) is 5.11 Å². The molecule has 1 heterocycles. The van der Waals surface area contributed by atoms with Gasteiger partial charge in [0, 0.05) is 19.0 Å². The lowest BCUT2D eigenvalue weighted by Crippen LogP contribution is -2.29. The summed E-state index contributed by atoms with van der Waals surface area (Å²) in [6.07, 6.45) is 5.19. The Morgan fingerprint density at radius 1 is 1.50 bits per heavy atom. The van der Waals surface area contributed by atoms with Crippen molar-refractivity contribution >= 4 is 5.82 Å². The van der Waals surface area contributed by atoms with Crippen LogP contribution in [0.1, 0.15) is 18.5 Å². The van der Waals surface area contributed by atoms with Gasteiger partial charge in [0.2, 0.25) is 0 Å². The molecule has 0 aliphatic heterocycles. The average Bonchev–Trinajstić information content (AvgIpc) is 3.09. The minimum absolute atomic E-state index is 0.0599. The normalized spacial score (nSPS) is 16.6. The van der Waals surface area contributed by atoms with Gasteiger partial charge in [-0.05, 0) is 12.8 Å². The molecule has 0 radical (unpaired) electrons. The van der Waals surface area contributed by atoms with Crippen LogP contribution in [0.2, 0.25) is 0 Å². The van der Waals surface area contributed by atoms with E-state index in [-0.39, 0.29) is 12.0 Å². The zero-order chi connectivity index (χ0) is 11.6. The Labute approximate surface area is 94.4 Å². The van der Waals surface area contributed by atoms with Crippen molar-refractivity contribution in [1.29, 1.82) is 5.26 Å². The first-order valence-electron chi connectivity index (χ1n) is 5.23. The van der Waals surface area contributed by atoms with Crippen LogP contribution < -0.4 is 4.90 Å². The molecule has 0 saturated heterocycles. The predicted molar refractivity (Wildman–Crippen MR) is 58.8 cm³/mol. The van der Waals surface area contributed by atoms with Gasteiger partial charge in [-0.1, -0.05) is 0 Å². The molecule has 0 aromatic carbocycles. The minimum atomic E-state index is 0.0599. The van der Waals surface area contributed by atoms with Crippen LogP contribution in [0, 0.1) is 16.7 Å². The molecule has 2 rings (SSSR count). The molecule has 1 N–H and O–H groups in total. The molecule has 1 saturated carbocycles. The second-order valence-corrected chi connectivity index (χ2v) is 4.39. The monoisotopic (exact) mass is 218 g/mol. The molecular formula is C11H14N4O. The Morgan fingerprint density at radius 2 is 2.25 bits per heavy atom. The van der Waals surface area contributed by atoms with Gasteiger partial charge in [-0.15, -0.1) is 0 Å². The largest absolute Gasteiger partial charge is 0.396 e. The molecular weight excluding hydrogens is 204 g/mol. The van der Waals surface area contributed by atoms with Gasteiger partial charge in [-0.2, -0.15) is 5.26 Å². The minimum Gasteiger partial charge on any atom is -0.396 e. The van der Waals surface area contributed by atoms with E-state index in [0.29, 0.717) is 5.69 Å². The van der Waals surface area contributed by atoms with E-state index in [1.807, 2.05) is 18.0 Å². The Kier molecular flexibility index (Phi) is 2.75. The third kappa shape index (κ3) is 2.12. The van der Waals surface area contributed by atoms with Crippen LogP contribution in [0.15, 0.2) is 12.4 Å². The number of nitrogens with zero attached hydrogens (tertiary/aromatic N) is 4. The van der Waals surface area contributed by atoms with Crippen molar-refractivity contribution < 1.29 is 5.11 Å². The van der Waals surface area contributed by atoms with E-state index in [1.165, 1.54) is 6.20 Å². The molecule has 1 aliphatic carbocycles. The van der Waals surface area contributed by atoms with Crippen molar-refractivity contribution in [3.05, 3.63) is 18.1 Å². The molecule has 5 nitrogen and oxygen atoms in total. The Morgan fingerprint density at radius 3 is 2.69 bits per heavy atom. The molecule has 0 spiro atoms. The van der Waals surface area contributed by atoms with Crippen LogP contribution in [0.4, 0.5) is 5.82 Å². The highest BCUT2D eigenvalue weighted by atomic mass is 16.3. The Bertz CT molecular complexity index is 405. The first-order chi connectivity index (χ1) is 7.69. The van der Waals surface area contributed by atoms with E-state index >= 15 is 0 Å². The van der Waals surface area contributed by atoms with E-state index in [2.05, 4.69) is 9.97 Å². The molecule has 5 heteroatoms. The van der Waals surface area contributed by atoms with Crippen LogP contribution in [-0.2, 0) is 0 Å². The highest BCUT2D eigenvalue weighted by Crippen LogP contribution is 2.45. The Balaban J connectivity index is 2.03. The maximum atomic E-state index is 9.23. The summed E-state index contributed by atoms with van der Waals surface area (Å²) in [5.41, 5.74) is 0.380. The van der Waals surface area contributed by atoms with Crippen LogP contribution in [-0.4, -0.2) is 35.3 Å². The predicted octanol–water partition coefficient (Wildman–Crippen LogP) is 0.557. The van der Waals surface area contributed by atoms with Crippen molar-refractivity contribution in [3.63, 3.8) is 0 Å². The van der Waals surface area contributed by atoms with Gasteiger partial charge in [-0.3, -0.25) is 0 Å². The quantitative estimate of drug-likeness (QED) is 0.799. The summed E-state index contributed by atoms with van der Waals surface area (Å²) in [4.78, 5) is 10.1. The number of aliphatic hydroxyl groups excluding tert-OH is 1. The van der Waals surface area contributed by atoms with Crippen molar-refractivity contribution in [2.24, 2.45) is 5.41 Å². The second kappa shape index (κ2) is 4.06. The van der Waals surface area contributed by atoms with Gasteiger partial charge in [0.15, 0.2) is 5.69 Å². The zero-order valence-electron chi connectivity index (χ0n) is 9.22. The van der Waals surface area contributed by atoms with E-state index in [1.54, 1.807) is 6.20 Å². The molecule has 0 bridgehead atoms. The first kappa shape index (κ1) is 10.8. The summed E-state index contributed by atoms with van der Waals surface area (Å²) in [7, 11) is 1.92. The fraction of sp³-hybridized carbons (Fsp3) is 0.545. The number of aliphatic hydroxyl groups is 1. The number of hydrogen-bond donors (Lipinski definition) is 1. The fourth-order valence-corrected chi connectivity index (χ4v) is 1.70. The Hall–Kier alpha value is -1.67. The van der Waals surface area contributed by atoms with Crippen molar-refractivity contribution in [2.45, 2.75) is 12.8 Å². The standard InChI is InChI=1S/C11H14N4O/c1-15(7-11(8-16)2-3-11)10-6-13-9(4-12)5-14-10/h5-6,16H,2-3,7-8H2,1H3. The molecule has 0 amide bonds. The number of nitriles is 1. The molecule has 1 aliphatic rings. The van der Waals surface area contributed by atoms with E-state index in [4.69, 9.17) is 5.26 Å². The van der Waals surface area contributed by atoms with Crippen LogP contribution in [0.5, 0.6) is 0 Å². The third-order valence-electron chi connectivity index (χ3n) is 3.01. The maximum Gasteiger partial charge on any atom is 0.158 e. The molecule has 1 aromatic rings. The third-order valence-corrected chi connectivity index (χ3v) is 3.01. The summed E-state index contributed by atoms with van der Waals surface area (Å²) in [5, 5.41) is 17.8. The van der Waals surface area contributed by atoms with Crippen LogP contribution in [0.3, 0.4) is 0 Å². The van der Waals surface area contributed by atoms with Gasteiger partial charge < -0.3 is 10.0 Å². The lowest BCUT2D eigenvalue weighted by molar-refractivity contribution is 0.215. The molecule has 16 heavy (non-hydrogen) atoms. The first-order valence-corrected chi connectivity index (χ1v) is 5.23. The van der Waals surface area contributed by atoms with Crippen molar-refractivity contribution in [3.8, 4) is 6.07 Å². The molecule has 1 fully saturated rings. The van der Waals surface area contributed by atoms with Crippen molar-refractivity contribution in [1.82, 2.24) is 9.97 Å². The summed E-state index contributed by atoms with van der Waals surface area (Å²) in [5.74, 6) is 0.735. The van der Waals surface area contributed by atoms with Crippen LogP contribution >= 0.6 is 0 Å². The SMILES string of the molecule is CN(CC1(CO)CC1)c1cnc(C#N)cn1. The lowest BCUT2D eigenvalue weighted by Gasteiger charge is -2.22. The van der Waals surface area contributed by atoms with Gasteiger partial charge in [0.25, 0.3) is 0 Å². The topological polar surface area (TPSA) is 73.0 Å². The summed E-state index contributed by atoms with van der Waals surface area (Å²) < 4.78 is 0. The summed E-state index contributed by atoms with van der Waals surface area (Å²) in [6.45, 7) is 1.01. The molecule has 0 atom stereocenters. The number of anilines is 1. The maximum absolute atomic E-state index is 9.23. The smallest absolute Gasteiger partial charge is 0.158 e. The molecule has 1 aromatic heterocycles.